The molecule has 3 amide bonds. The fraction of sp³-hybridized carbons (Fsp3) is 0.318. The first kappa shape index (κ1) is 21.3. The number of nitrogens with one attached hydrogen (secondary N) is 1. The van der Waals surface area contributed by atoms with E-state index in [1.807, 2.05) is 31.2 Å². The third kappa shape index (κ3) is 3.86. The summed E-state index contributed by atoms with van der Waals surface area (Å²) in [5, 5.41) is 11.9. The molecule has 0 spiro atoms. The lowest BCUT2D eigenvalue weighted by atomic mass is 10.1. The molecule has 2 aliphatic rings. The predicted octanol–water partition coefficient (Wildman–Crippen LogP) is 1.62. The second-order valence-corrected chi connectivity index (χ2v) is 7.51. The van der Waals surface area contributed by atoms with E-state index in [2.05, 4.69) is 15.7 Å². The molecule has 0 saturated carbocycles. The third-order valence-corrected chi connectivity index (χ3v) is 5.40. The largest absolute Gasteiger partial charge is 0.493 e. The minimum Gasteiger partial charge on any atom is -0.493 e. The van der Waals surface area contributed by atoms with Gasteiger partial charge in [0, 0.05) is 12.6 Å². The van der Waals surface area contributed by atoms with Gasteiger partial charge in [0.2, 0.25) is 5.91 Å². The maximum Gasteiger partial charge on any atom is 0.263 e. The normalized spacial score (nSPS) is 19.3. The van der Waals surface area contributed by atoms with E-state index in [1.54, 1.807) is 18.2 Å². The maximum absolute atomic E-state index is 13.1. The lowest BCUT2D eigenvalue weighted by Gasteiger charge is -2.20. The molecule has 1 fully saturated rings. The van der Waals surface area contributed by atoms with E-state index in [4.69, 9.17) is 9.47 Å². The van der Waals surface area contributed by atoms with Crippen LogP contribution in [0.25, 0.3) is 0 Å². The van der Waals surface area contributed by atoms with E-state index in [0.29, 0.717) is 23.7 Å². The SMILES string of the molecule is COc1ccc(N2C(=O)[C@H]3N=NN(CC(=O)NCc4ccc(C)cc4)[C@H]3C2=O)cc1OC. The quantitative estimate of drug-likeness (QED) is 0.659. The Balaban J connectivity index is 1.44. The number of anilines is 1. The Morgan fingerprint density at radius 3 is 2.44 bits per heavy atom. The third-order valence-electron chi connectivity index (χ3n) is 5.40. The Morgan fingerprint density at radius 1 is 1.03 bits per heavy atom. The summed E-state index contributed by atoms with van der Waals surface area (Å²) in [5.41, 5.74) is 2.43. The van der Waals surface area contributed by atoms with Crippen LogP contribution in [-0.2, 0) is 20.9 Å². The van der Waals surface area contributed by atoms with Crippen molar-refractivity contribution >= 4 is 23.4 Å². The first-order chi connectivity index (χ1) is 15.4. The molecule has 2 aromatic carbocycles. The molecule has 10 nitrogen and oxygen atoms in total. The van der Waals surface area contributed by atoms with E-state index in [1.165, 1.54) is 19.2 Å². The summed E-state index contributed by atoms with van der Waals surface area (Å²) in [5.74, 6) is -0.462. The predicted molar refractivity (Wildman–Crippen MR) is 114 cm³/mol. The molecule has 2 atom stereocenters. The van der Waals surface area contributed by atoms with Gasteiger partial charge in [-0.1, -0.05) is 35.1 Å². The Hall–Kier alpha value is -3.95. The summed E-state index contributed by atoms with van der Waals surface area (Å²) in [6, 6.07) is 10.6. The number of hydrogen-bond donors (Lipinski definition) is 1. The second kappa shape index (κ2) is 8.66. The van der Waals surface area contributed by atoms with Gasteiger partial charge in [-0.3, -0.25) is 19.4 Å². The van der Waals surface area contributed by atoms with Gasteiger partial charge in [-0.2, -0.15) is 5.11 Å². The van der Waals surface area contributed by atoms with Gasteiger partial charge >= 0.3 is 0 Å². The lowest BCUT2D eigenvalue weighted by molar-refractivity contribution is -0.125. The Morgan fingerprint density at radius 2 is 1.75 bits per heavy atom. The number of imide groups is 1. The zero-order valence-electron chi connectivity index (χ0n) is 17.9. The van der Waals surface area contributed by atoms with E-state index in [9.17, 15) is 14.4 Å². The Kier molecular flexibility index (Phi) is 5.76. The van der Waals surface area contributed by atoms with Crippen LogP contribution in [0.3, 0.4) is 0 Å². The van der Waals surface area contributed by atoms with Crippen molar-refractivity contribution in [3.63, 3.8) is 0 Å². The average Bonchev–Trinajstić information content (AvgIpc) is 3.32. The molecule has 32 heavy (non-hydrogen) atoms. The van der Waals surface area contributed by atoms with Crippen molar-refractivity contribution in [3.05, 3.63) is 53.6 Å². The molecule has 0 bridgehead atoms. The number of fused-ring (bicyclic) bond motifs is 1. The molecule has 10 heteroatoms. The topological polar surface area (TPSA) is 113 Å². The summed E-state index contributed by atoms with van der Waals surface area (Å²) in [4.78, 5) is 39.4. The van der Waals surface area contributed by atoms with Crippen LogP contribution in [0, 0.1) is 6.92 Å². The van der Waals surface area contributed by atoms with Gasteiger partial charge in [-0.25, -0.2) is 4.90 Å². The summed E-state index contributed by atoms with van der Waals surface area (Å²) >= 11 is 0. The smallest absolute Gasteiger partial charge is 0.263 e. The number of rotatable bonds is 7. The van der Waals surface area contributed by atoms with Crippen molar-refractivity contribution in [1.82, 2.24) is 10.3 Å². The molecule has 0 aliphatic carbocycles. The summed E-state index contributed by atoms with van der Waals surface area (Å²) in [6.07, 6.45) is 0. The molecule has 166 valence electrons. The van der Waals surface area contributed by atoms with Crippen LogP contribution in [0.2, 0.25) is 0 Å². The molecule has 0 radical (unpaired) electrons. The molecule has 2 heterocycles. The minimum absolute atomic E-state index is 0.185. The van der Waals surface area contributed by atoms with Crippen LogP contribution in [0.4, 0.5) is 5.69 Å². The van der Waals surface area contributed by atoms with Crippen LogP contribution in [0.15, 0.2) is 52.8 Å². The van der Waals surface area contributed by atoms with E-state index < -0.39 is 23.9 Å². The molecule has 1 saturated heterocycles. The van der Waals surface area contributed by atoms with Crippen molar-refractivity contribution in [3.8, 4) is 11.5 Å². The fourth-order valence-corrected chi connectivity index (χ4v) is 3.68. The van der Waals surface area contributed by atoms with Crippen molar-refractivity contribution < 1.29 is 23.9 Å². The maximum atomic E-state index is 13.1. The van der Waals surface area contributed by atoms with Gasteiger partial charge < -0.3 is 14.8 Å². The number of benzene rings is 2. The van der Waals surface area contributed by atoms with Crippen molar-refractivity contribution in [2.75, 3.05) is 25.7 Å². The molecule has 4 rings (SSSR count). The van der Waals surface area contributed by atoms with Crippen LogP contribution < -0.4 is 19.7 Å². The van der Waals surface area contributed by atoms with Crippen LogP contribution in [0.5, 0.6) is 11.5 Å². The highest BCUT2D eigenvalue weighted by Crippen LogP contribution is 2.36. The van der Waals surface area contributed by atoms with Gasteiger partial charge in [0.1, 0.15) is 6.54 Å². The molecule has 0 unspecified atom stereocenters. The number of hydrogen-bond acceptors (Lipinski definition) is 8. The number of amides is 3. The zero-order chi connectivity index (χ0) is 22.8. The van der Waals surface area contributed by atoms with E-state index >= 15 is 0 Å². The monoisotopic (exact) mass is 437 g/mol. The van der Waals surface area contributed by atoms with Gasteiger partial charge in [0.05, 0.1) is 19.9 Å². The molecule has 0 aromatic heterocycles. The number of carbonyl (C=O) groups excluding carboxylic acids is 3. The summed E-state index contributed by atoms with van der Waals surface area (Å²) < 4.78 is 10.5. The van der Waals surface area contributed by atoms with Gasteiger partial charge in [-0.05, 0) is 24.6 Å². The number of aryl methyl sites for hydroxylation is 1. The van der Waals surface area contributed by atoms with Crippen molar-refractivity contribution in [2.45, 2.75) is 25.6 Å². The molecule has 1 N–H and O–H groups in total. The minimum atomic E-state index is -0.986. The molecule has 2 aliphatic heterocycles. The highest BCUT2D eigenvalue weighted by molar-refractivity contribution is 6.25. The first-order valence-corrected chi connectivity index (χ1v) is 10.0. The number of methoxy groups -OCH3 is 2. The standard InChI is InChI=1S/C22H23N5O5/c1-13-4-6-14(7-5-13)11-23-18(28)12-26-20-19(24-25-26)21(29)27(22(20)30)15-8-9-16(31-2)17(10-15)32-3/h4-10,19-20H,11-12H2,1-3H3,(H,23,28)/t19-,20+/m0/s1. The number of nitrogens with zero attached hydrogens (tertiary/aromatic N) is 4. The summed E-state index contributed by atoms with van der Waals surface area (Å²) in [7, 11) is 2.96. The number of ether oxygens (including phenoxy) is 2. The van der Waals surface area contributed by atoms with E-state index in [0.717, 1.165) is 16.0 Å². The van der Waals surface area contributed by atoms with Crippen LogP contribution in [0.1, 0.15) is 11.1 Å². The average molecular weight is 437 g/mol. The van der Waals surface area contributed by atoms with Gasteiger partial charge in [0.25, 0.3) is 11.8 Å². The highest BCUT2D eigenvalue weighted by Gasteiger charge is 2.55. The van der Waals surface area contributed by atoms with Crippen LogP contribution in [-0.4, -0.2) is 55.6 Å². The first-order valence-electron chi connectivity index (χ1n) is 10.0. The zero-order valence-corrected chi connectivity index (χ0v) is 17.9. The van der Waals surface area contributed by atoms with Crippen molar-refractivity contribution in [2.24, 2.45) is 10.3 Å². The number of carbonyl (C=O) groups is 3. The second-order valence-electron chi connectivity index (χ2n) is 7.51. The Labute approximate surface area is 184 Å². The van der Waals surface area contributed by atoms with Gasteiger partial charge in [-0.15, -0.1) is 0 Å². The fourth-order valence-electron chi connectivity index (χ4n) is 3.68. The molecular formula is C22H23N5O5. The van der Waals surface area contributed by atoms with Gasteiger partial charge in [0.15, 0.2) is 23.6 Å². The van der Waals surface area contributed by atoms with Crippen LogP contribution >= 0.6 is 0 Å². The molecule has 2 aromatic rings. The Bertz CT molecular complexity index is 1080. The van der Waals surface area contributed by atoms with Crippen molar-refractivity contribution in [1.29, 1.82) is 0 Å². The lowest BCUT2D eigenvalue weighted by Crippen LogP contribution is -2.44. The molecular weight excluding hydrogens is 414 g/mol. The summed E-state index contributed by atoms with van der Waals surface area (Å²) in [6.45, 7) is 2.15. The highest BCUT2D eigenvalue weighted by atomic mass is 16.5. The van der Waals surface area contributed by atoms with E-state index in [-0.39, 0.29) is 12.5 Å².